The minimum atomic E-state index is 0.692. The predicted molar refractivity (Wildman–Crippen MR) is 64.2 cm³/mol. The Morgan fingerprint density at radius 2 is 1.86 bits per heavy atom. The predicted octanol–water partition coefficient (Wildman–Crippen LogP) is 4.30. The third-order valence-corrected chi connectivity index (χ3v) is 3.42. The van der Waals surface area contributed by atoms with E-state index in [2.05, 4.69) is 0 Å². The van der Waals surface area contributed by atoms with Crippen LogP contribution in [0, 0.1) is 0 Å². The molecule has 0 aliphatic carbocycles. The van der Waals surface area contributed by atoms with Gasteiger partial charge in [0.25, 0.3) is 0 Å². The Kier molecular flexibility index (Phi) is 2.68. The molecule has 0 spiro atoms. The van der Waals surface area contributed by atoms with E-state index in [9.17, 15) is 0 Å². The first-order valence-electron chi connectivity index (χ1n) is 3.97. The Hall–Kier alpha value is -0.700. The number of rotatable bonds is 1. The average molecular weight is 244 g/mol. The summed E-state index contributed by atoms with van der Waals surface area (Å²) in [6.45, 7) is 0. The van der Waals surface area contributed by atoms with Gasteiger partial charge in [0.15, 0.2) is 0 Å². The molecule has 1 aromatic heterocycles. The summed E-state index contributed by atoms with van der Waals surface area (Å²) in [6, 6.07) is 9.21. The molecule has 14 heavy (non-hydrogen) atoms. The molecule has 0 radical (unpaired) electrons. The quantitative estimate of drug-likeness (QED) is 0.743. The summed E-state index contributed by atoms with van der Waals surface area (Å²) in [6.07, 6.45) is 0. The molecule has 0 bridgehead atoms. The lowest BCUT2D eigenvalue weighted by atomic mass is 10.2. The molecule has 0 saturated heterocycles. The van der Waals surface area contributed by atoms with Crippen LogP contribution >= 0.6 is 34.5 Å². The van der Waals surface area contributed by atoms with E-state index < -0.39 is 0 Å². The standard InChI is InChI=1S/C10H7Cl2NS/c11-8-2-1-6(13)5-7(8)9-3-4-10(12)14-9/h1-5H,13H2. The monoisotopic (exact) mass is 243 g/mol. The van der Waals surface area contributed by atoms with Crippen molar-refractivity contribution >= 4 is 40.2 Å². The third kappa shape index (κ3) is 1.87. The number of hydrogen-bond donors (Lipinski definition) is 1. The molecule has 1 nitrogen and oxygen atoms in total. The highest BCUT2D eigenvalue weighted by atomic mass is 35.5. The van der Waals surface area contributed by atoms with Crippen LogP contribution in [0.25, 0.3) is 10.4 Å². The third-order valence-electron chi connectivity index (χ3n) is 1.83. The molecule has 4 heteroatoms. The lowest BCUT2D eigenvalue weighted by Crippen LogP contribution is -1.84. The first-order chi connectivity index (χ1) is 6.66. The topological polar surface area (TPSA) is 26.0 Å². The largest absolute Gasteiger partial charge is 0.399 e. The van der Waals surface area contributed by atoms with Crippen molar-refractivity contribution in [1.82, 2.24) is 0 Å². The summed E-state index contributed by atoms with van der Waals surface area (Å²) >= 11 is 13.4. The molecule has 0 aliphatic heterocycles. The van der Waals surface area contributed by atoms with Crippen LogP contribution in [0.15, 0.2) is 30.3 Å². The Morgan fingerprint density at radius 1 is 1.07 bits per heavy atom. The van der Waals surface area contributed by atoms with Crippen molar-refractivity contribution in [3.8, 4) is 10.4 Å². The Labute approximate surface area is 96.1 Å². The van der Waals surface area contributed by atoms with Gasteiger partial charge in [0.2, 0.25) is 0 Å². The number of anilines is 1. The molecule has 0 atom stereocenters. The van der Waals surface area contributed by atoms with Gasteiger partial charge >= 0.3 is 0 Å². The fraction of sp³-hybridized carbons (Fsp3) is 0. The highest BCUT2D eigenvalue weighted by Crippen LogP contribution is 2.36. The molecular weight excluding hydrogens is 237 g/mol. The molecule has 0 aliphatic rings. The van der Waals surface area contributed by atoms with E-state index in [0.29, 0.717) is 10.7 Å². The van der Waals surface area contributed by atoms with Gasteiger partial charge in [-0.25, -0.2) is 0 Å². The molecule has 0 saturated carbocycles. The van der Waals surface area contributed by atoms with Gasteiger partial charge < -0.3 is 5.73 Å². The van der Waals surface area contributed by atoms with Gasteiger partial charge in [-0.1, -0.05) is 23.2 Å². The molecule has 2 aromatic rings. The zero-order chi connectivity index (χ0) is 10.1. The van der Waals surface area contributed by atoms with E-state index in [4.69, 9.17) is 28.9 Å². The van der Waals surface area contributed by atoms with E-state index in [1.54, 1.807) is 12.1 Å². The summed E-state index contributed by atoms with van der Waals surface area (Å²) in [5, 5.41) is 0.692. The normalized spacial score (nSPS) is 10.4. The smallest absolute Gasteiger partial charge is 0.0934 e. The first kappa shape index (κ1) is 9.84. The van der Waals surface area contributed by atoms with Crippen LogP contribution in [0.1, 0.15) is 0 Å². The minimum Gasteiger partial charge on any atom is -0.399 e. The van der Waals surface area contributed by atoms with Gasteiger partial charge in [0, 0.05) is 21.2 Å². The van der Waals surface area contributed by atoms with E-state index in [0.717, 1.165) is 14.8 Å². The number of thiophene rings is 1. The van der Waals surface area contributed by atoms with Crippen LogP contribution in [-0.4, -0.2) is 0 Å². The highest BCUT2D eigenvalue weighted by Gasteiger charge is 2.06. The van der Waals surface area contributed by atoms with Crippen LogP contribution in [-0.2, 0) is 0 Å². The van der Waals surface area contributed by atoms with Gasteiger partial charge in [-0.05, 0) is 30.3 Å². The molecule has 72 valence electrons. The van der Waals surface area contributed by atoms with Crippen LogP contribution in [0.4, 0.5) is 5.69 Å². The fourth-order valence-electron chi connectivity index (χ4n) is 1.19. The van der Waals surface area contributed by atoms with Crippen molar-refractivity contribution in [3.05, 3.63) is 39.7 Å². The maximum absolute atomic E-state index is 6.05. The number of nitrogens with two attached hydrogens (primary N) is 1. The fourth-order valence-corrected chi connectivity index (χ4v) is 2.54. The van der Waals surface area contributed by atoms with Crippen LogP contribution in [0.2, 0.25) is 9.36 Å². The summed E-state index contributed by atoms with van der Waals surface area (Å²) < 4.78 is 0.749. The van der Waals surface area contributed by atoms with Gasteiger partial charge in [0.1, 0.15) is 0 Å². The number of benzene rings is 1. The number of halogens is 2. The van der Waals surface area contributed by atoms with Gasteiger partial charge in [-0.3, -0.25) is 0 Å². The van der Waals surface area contributed by atoms with Crippen LogP contribution < -0.4 is 5.73 Å². The molecule has 2 N–H and O–H groups in total. The van der Waals surface area contributed by atoms with Crippen molar-refractivity contribution < 1.29 is 0 Å². The number of nitrogen functional groups attached to an aromatic ring is 1. The highest BCUT2D eigenvalue weighted by molar-refractivity contribution is 7.19. The maximum atomic E-state index is 6.05. The first-order valence-corrected chi connectivity index (χ1v) is 5.55. The van der Waals surface area contributed by atoms with E-state index in [1.165, 1.54) is 11.3 Å². The molecule has 0 amide bonds. The van der Waals surface area contributed by atoms with Gasteiger partial charge in [0.05, 0.1) is 4.34 Å². The Balaban J connectivity index is 2.55. The van der Waals surface area contributed by atoms with E-state index in [1.807, 2.05) is 18.2 Å². The lowest BCUT2D eigenvalue weighted by Gasteiger charge is -2.02. The second kappa shape index (κ2) is 3.81. The second-order valence-corrected chi connectivity index (χ2v) is 4.97. The minimum absolute atomic E-state index is 0.692. The van der Waals surface area contributed by atoms with Gasteiger partial charge in [-0.15, -0.1) is 11.3 Å². The molecule has 2 rings (SSSR count). The zero-order valence-corrected chi connectivity index (χ0v) is 9.46. The molecule has 0 unspecified atom stereocenters. The molecule has 0 fully saturated rings. The summed E-state index contributed by atoms with van der Waals surface area (Å²) in [7, 11) is 0. The van der Waals surface area contributed by atoms with Crippen LogP contribution in [0.5, 0.6) is 0 Å². The number of hydrogen-bond acceptors (Lipinski definition) is 2. The summed E-state index contributed by atoms with van der Waals surface area (Å²) in [5.74, 6) is 0. The van der Waals surface area contributed by atoms with Crippen LogP contribution in [0.3, 0.4) is 0 Å². The van der Waals surface area contributed by atoms with Crippen molar-refractivity contribution in [2.24, 2.45) is 0 Å². The van der Waals surface area contributed by atoms with E-state index in [-0.39, 0.29) is 0 Å². The molecule has 1 heterocycles. The molecule has 1 aromatic carbocycles. The molecular formula is C10H7Cl2NS. The SMILES string of the molecule is Nc1ccc(Cl)c(-c2ccc(Cl)s2)c1. The second-order valence-electron chi connectivity index (χ2n) is 2.84. The summed E-state index contributed by atoms with van der Waals surface area (Å²) in [4.78, 5) is 1.03. The maximum Gasteiger partial charge on any atom is 0.0934 e. The van der Waals surface area contributed by atoms with Crippen molar-refractivity contribution in [2.45, 2.75) is 0 Å². The lowest BCUT2D eigenvalue weighted by molar-refractivity contribution is 1.67. The van der Waals surface area contributed by atoms with Gasteiger partial charge in [-0.2, -0.15) is 0 Å². The Bertz CT molecular complexity index is 465. The Morgan fingerprint density at radius 3 is 2.50 bits per heavy atom. The van der Waals surface area contributed by atoms with Crippen molar-refractivity contribution in [3.63, 3.8) is 0 Å². The average Bonchev–Trinajstić information content (AvgIpc) is 2.56. The van der Waals surface area contributed by atoms with Crippen molar-refractivity contribution in [2.75, 3.05) is 5.73 Å². The van der Waals surface area contributed by atoms with E-state index >= 15 is 0 Å². The van der Waals surface area contributed by atoms with Crippen molar-refractivity contribution in [1.29, 1.82) is 0 Å². The zero-order valence-electron chi connectivity index (χ0n) is 7.13. The summed E-state index contributed by atoms with van der Waals surface area (Å²) in [5.41, 5.74) is 7.32.